The van der Waals surface area contributed by atoms with Crippen molar-refractivity contribution in [1.82, 2.24) is 0 Å². The summed E-state index contributed by atoms with van der Waals surface area (Å²) in [5.74, 6) is -0.853. The fourth-order valence-corrected chi connectivity index (χ4v) is 2.26. The quantitative estimate of drug-likeness (QED) is 0.897. The second kappa shape index (κ2) is 5.72. The van der Waals surface area contributed by atoms with Crippen LogP contribution in [0.25, 0.3) is 0 Å². The van der Waals surface area contributed by atoms with Crippen LogP contribution in [0.2, 0.25) is 5.02 Å². The van der Waals surface area contributed by atoms with Gasteiger partial charge in [-0.05, 0) is 36.4 Å². The van der Waals surface area contributed by atoms with E-state index in [4.69, 9.17) is 26.6 Å². The summed E-state index contributed by atoms with van der Waals surface area (Å²) in [5.41, 5.74) is -0.0603. The molecule has 0 bridgehead atoms. The number of carboxylic acids is 1. The summed E-state index contributed by atoms with van der Waals surface area (Å²) in [5, 5.41) is 14.4. The van der Waals surface area contributed by atoms with E-state index in [1.165, 1.54) is 42.5 Å². The van der Waals surface area contributed by atoms with Crippen molar-refractivity contribution in [3.63, 3.8) is 0 Å². The molecule has 2 aromatic rings. The van der Waals surface area contributed by atoms with E-state index < -0.39 is 16.0 Å². The lowest BCUT2D eigenvalue weighted by atomic mass is 10.2. The zero-order chi connectivity index (χ0) is 15.6. The summed E-state index contributed by atoms with van der Waals surface area (Å²) in [6, 6.07) is 9.36. The number of halogens is 1. The average Bonchev–Trinajstić information content (AvgIpc) is 2.38. The summed E-state index contributed by atoms with van der Waals surface area (Å²) >= 11 is 5.80. The maximum absolute atomic E-state index is 11.1. The van der Waals surface area contributed by atoms with Crippen LogP contribution in [-0.4, -0.2) is 19.5 Å². The Kier molecular flexibility index (Phi) is 4.17. The molecule has 0 radical (unpaired) electrons. The molecule has 0 saturated carbocycles. The maximum Gasteiger partial charge on any atom is 0.339 e. The lowest BCUT2D eigenvalue weighted by Gasteiger charge is -2.09. The Bertz CT molecular complexity index is 787. The number of nitrogens with two attached hydrogens (primary N) is 1. The molecule has 0 atom stereocenters. The second-order valence-corrected chi connectivity index (χ2v) is 6.06. The van der Waals surface area contributed by atoms with Crippen LogP contribution in [0.5, 0.6) is 11.5 Å². The van der Waals surface area contributed by atoms with Gasteiger partial charge in [0.25, 0.3) is 0 Å². The van der Waals surface area contributed by atoms with Gasteiger partial charge in [0.15, 0.2) is 0 Å². The first-order valence-corrected chi connectivity index (χ1v) is 7.53. The Hall–Kier alpha value is -2.09. The highest BCUT2D eigenvalue weighted by molar-refractivity contribution is 7.89. The summed E-state index contributed by atoms with van der Waals surface area (Å²) in [7, 11) is -3.79. The number of ether oxygens (including phenoxy) is 1. The van der Waals surface area contributed by atoms with Crippen LogP contribution in [-0.2, 0) is 10.0 Å². The maximum atomic E-state index is 11.1. The Morgan fingerprint density at radius 1 is 1.14 bits per heavy atom. The minimum atomic E-state index is -3.79. The molecule has 2 aromatic carbocycles. The zero-order valence-electron chi connectivity index (χ0n) is 10.5. The third-order valence-corrected chi connectivity index (χ3v) is 3.72. The van der Waals surface area contributed by atoms with Crippen LogP contribution in [0, 0.1) is 0 Å². The first kappa shape index (κ1) is 15.3. The monoisotopic (exact) mass is 327 g/mol. The third-order valence-electron chi connectivity index (χ3n) is 2.55. The van der Waals surface area contributed by atoms with Gasteiger partial charge in [0.2, 0.25) is 10.0 Å². The summed E-state index contributed by atoms with van der Waals surface area (Å²) in [6.45, 7) is 0. The highest BCUT2D eigenvalue weighted by Gasteiger charge is 2.13. The van der Waals surface area contributed by atoms with E-state index in [2.05, 4.69) is 0 Å². The fourth-order valence-electron chi connectivity index (χ4n) is 1.58. The number of carboxylic acid groups (broad SMARTS) is 1. The molecule has 0 saturated heterocycles. The third kappa shape index (κ3) is 3.72. The molecule has 0 fully saturated rings. The molecule has 3 N–H and O–H groups in total. The van der Waals surface area contributed by atoms with E-state index >= 15 is 0 Å². The molecule has 0 amide bonds. The van der Waals surface area contributed by atoms with Crippen LogP contribution >= 0.6 is 11.6 Å². The number of rotatable bonds is 4. The molecule has 6 nitrogen and oxygen atoms in total. The normalized spacial score (nSPS) is 11.1. The largest absolute Gasteiger partial charge is 0.478 e. The van der Waals surface area contributed by atoms with Crippen molar-refractivity contribution in [1.29, 1.82) is 0 Å². The molecule has 8 heteroatoms. The van der Waals surface area contributed by atoms with Crippen molar-refractivity contribution < 1.29 is 23.1 Å². The van der Waals surface area contributed by atoms with Gasteiger partial charge in [-0.2, -0.15) is 0 Å². The SMILES string of the molecule is NS(=O)(=O)c1ccc(Oc2cc(Cl)ccc2C(=O)O)cc1. The van der Waals surface area contributed by atoms with Crippen LogP contribution < -0.4 is 9.88 Å². The van der Waals surface area contributed by atoms with Crippen LogP contribution in [0.15, 0.2) is 47.4 Å². The van der Waals surface area contributed by atoms with Crippen molar-refractivity contribution >= 4 is 27.6 Å². The van der Waals surface area contributed by atoms with Gasteiger partial charge in [-0.25, -0.2) is 18.4 Å². The summed E-state index contributed by atoms with van der Waals surface area (Å²) < 4.78 is 27.7. The van der Waals surface area contributed by atoms with Crippen molar-refractivity contribution in [2.24, 2.45) is 5.14 Å². The molecule has 21 heavy (non-hydrogen) atoms. The standard InChI is InChI=1S/C13H10ClNO5S/c14-8-1-6-11(13(16)17)12(7-8)20-9-2-4-10(5-3-9)21(15,18)19/h1-7H,(H,16,17)(H2,15,18,19). The van der Waals surface area contributed by atoms with Gasteiger partial charge in [-0.1, -0.05) is 11.6 Å². The van der Waals surface area contributed by atoms with Crippen LogP contribution in [0.4, 0.5) is 0 Å². The van der Waals surface area contributed by atoms with Crippen molar-refractivity contribution in [3.05, 3.63) is 53.1 Å². The van der Waals surface area contributed by atoms with Gasteiger partial charge in [0.1, 0.15) is 17.1 Å². The van der Waals surface area contributed by atoms with Crippen molar-refractivity contribution in [2.75, 3.05) is 0 Å². The van der Waals surface area contributed by atoms with Crippen LogP contribution in [0.1, 0.15) is 10.4 Å². The highest BCUT2D eigenvalue weighted by Crippen LogP contribution is 2.29. The minimum absolute atomic E-state index is 0.0540. The van der Waals surface area contributed by atoms with E-state index in [1.807, 2.05) is 0 Å². The molecular weight excluding hydrogens is 318 g/mol. The minimum Gasteiger partial charge on any atom is -0.478 e. The Morgan fingerprint density at radius 3 is 2.29 bits per heavy atom. The average molecular weight is 328 g/mol. The number of sulfonamides is 1. The summed E-state index contributed by atoms with van der Waals surface area (Å²) in [6.07, 6.45) is 0. The molecule has 0 aromatic heterocycles. The Balaban J connectivity index is 2.34. The molecule has 0 aliphatic heterocycles. The smallest absolute Gasteiger partial charge is 0.339 e. The first-order valence-electron chi connectivity index (χ1n) is 5.61. The van der Waals surface area contributed by atoms with Gasteiger partial charge in [0, 0.05) is 11.1 Å². The fraction of sp³-hybridized carbons (Fsp3) is 0. The highest BCUT2D eigenvalue weighted by atomic mass is 35.5. The van der Waals surface area contributed by atoms with Crippen LogP contribution in [0.3, 0.4) is 0 Å². The predicted molar refractivity (Wildman–Crippen MR) is 76.3 cm³/mol. The molecular formula is C13H10ClNO5S. The second-order valence-electron chi connectivity index (χ2n) is 4.06. The number of carbonyl (C=O) groups is 1. The number of hydrogen-bond donors (Lipinski definition) is 2. The van der Waals surface area contributed by atoms with E-state index in [1.54, 1.807) is 0 Å². The van der Waals surface area contributed by atoms with E-state index in [-0.39, 0.29) is 22.0 Å². The number of aromatic carboxylic acids is 1. The molecule has 0 unspecified atom stereocenters. The molecule has 2 rings (SSSR count). The van der Waals surface area contributed by atoms with Gasteiger partial charge in [-0.3, -0.25) is 0 Å². The first-order chi connectivity index (χ1) is 9.77. The van der Waals surface area contributed by atoms with Gasteiger partial charge < -0.3 is 9.84 Å². The van der Waals surface area contributed by atoms with E-state index in [0.29, 0.717) is 5.02 Å². The lowest BCUT2D eigenvalue weighted by Crippen LogP contribution is -2.11. The molecule has 0 heterocycles. The lowest BCUT2D eigenvalue weighted by molar-refractivity contribution is 0.0694. The van der Waals surface area contributed by atoms with E-state index in [0.717, 1.165) is 0 Å². The molecule has 0 aliphatic carbocycles. The van der Waals surface area contributed by atoms with Gasteiger partial charge in [0.05, 0.1) is 4.90 Å². The molecule has 110 valence electrons. The molecule has 0 aliphatic rings. The number of primary sulfonamides is 1. The Morgan fingerprint density at radius 2 is 1.76 bits per heavy atom. The molecule has 0 spiro atoms. The predicted octanol–water partition coefficient (Wildman–Crippen LogP) is 2.48. The topological polar surface area (TPSA) is 107 Å². The Labute approximate surface area is 125 Å². The zero-order valence-corrected chi connectivity index (χ0v) is 12.1. The number of benzene rings is 2. The van der Waals surface area contributed by atoms with Crippen molar-refractivity contribution in [2.45, 2.75) is 4.90 Å². The van der Waals surface area contributed by atoms with Gasteiger partial charge in [-0.15, -0.1) is 0 Å². The van der Waals surface area contributed by atoms with E-state index in [9.17, 15) is 13.2 Å². The summed E-state index contributed by atoms with van der Waals surface area (Å²) in [4.78, 5) is 11.0. The number of hydrogen-bond acceptors (Lipinski definition) is 4. The van der Waals surface area contributed by atoms with Gasteiger partial charge >= 0.3 is 5.97 Å². The van der Waals surface area contributed by atoms with Crippen molar-refractivity contribution in [3.8, 4) is 11.5 Å².